The van der Waals surface area contributed by atoms with E-state index in [2.05, 4.69) is 15.0 Å². The monoisotopic (exact) mass is 305 g/mol. The van der Waals surface area contributed by atoms with E-state index in [0.29, 0.717) is 16.5 Å². The predicted molar refractivity (Wildman–Crippen MR) is 80.8 cm³/mol. The highest BCUT2D eigenvalue weighted by atomic mass is 32.2. The molecule has 0 atom stereocenters. The highest BCUT2D eigenvalue weighted by Crippen LogP contribution is 2.39. The summed E-state index contributed by atoms with van der Waals surface area (Å²) in [5.74, 6) is 0.473. The van der Waals surface area contributed by atoms with Crippen molar-refractivity contribution in [2.24, 2.45) is 4.99 Å². The van der Waals surface area contributed by atoms with Crippen molar-refractivity contribution in [1.29, 1.82) is 0 Å². The minimum Gasteiger partial charge on any atom is -0.506 e. The number of anilines is 1. The van der Waals surface area contributed by atoms with Gasteiger partial charge in [0.2, 0.25) is 5.96 Å². The van der Waals surface area contributed by atoms with Crippen molar-refractivity contribution >= 4 is 29.3 Å². The second kappa shape index (κ2) is 5.53. The molecule has 0 aliphatic carbocycles. The van der Waals surface area contributed by atoms with E-state index in [1.165, 1.54) is 18.0 Å². The molecule has 0 aromatic heterocycles. The van der Waals surface area contributed by atoms with Gasteiger partial charge in [0.15, 0.2) is 0 Å². The molecular formula is C14H12FN3O2S. The number of phenolic OH excluding ortho intramolecular Hbond substituents is 1. The number of ether oxygens (including phenoxy) is 1. The predicted octanol–water partition coefficient (Wildman–Crippen LogP) is 3.25. The Balaban J connectivity index is 1.88. The van der Waals surface area contributed by atoms with Crippen molar-refractivity contribution in [1.82, 2.24) is 4.72 Å². The molecule has 21 heavy (non-hydrogen) atoms. The summed E-state index contributed by atoms with van der Waals surface area (Å²) in [6.45, 7) is 0. The Labute approximate surface area is 125 Å². The van der Waals surface area contributed by atoms with E-state index >= 15 is 0 Å². The van der Waals surface area contributed by atoms with Crippen LogP contribution in [0.25, 0.3) is 0 Å². The molecule has 1 aliphatic heterocycles. The van der Waals surface area contributed by atoms with Gasteiger partial charge in [-0.3, -0.25) is 4.72 Å². The second-order valence-electron chi connectivity index (χ2n) is 4.29. The van der Waals surface area contributed by atoms with Crippen LogP contribution in [-0.4, -0.2) is 18.2 Å². The number of hydrogen-bond donors (Lipinski definition) is 3. The molecule has 0 unspecified atom stereocenters. The maximum atomic E-state index is 13.2. The normalized spacial score (nSPS) is 13.0. The third-order valence-electron chi connectivity index (χ3n) is 2.83. The number of guanidine groups is 1. The maximum absolute atomic E-state index is 13.2. The lowest BCUT2D eigenvalue weighted by atomic mass is 10.3. The highest BCUT2D eigenvalue weighted by molar-refractivity contribution is 7.98. The van der Waals surface area contributed by atoms with Crippen molar-refractivity contribution in [2.45, 2.75) is 4.90 Å². The van der Waals surface area contributed by atoms with E-state index in [1.807, 2.05) is 24.3 Å². The number of rotatable bonds is 2. The second-order valence-corrected chi connectivity index (χ2v) is 5.14. The summed E-state index contributed by atoms with van der Waals surface area (Å²) in [7, 11) is 1.59. The fourth-order valence-electron chi connectivity index (χ4n) is 1.88. The zero-order valence-corrected chi connectivity index (χ0v) is 11.9. The minimum atomic E-state index is -0.500. The summed E-state index contributed by atoms with van der Waals surface area (Å²) in [5.41, 5.74) is 1.12. The molecule has 3 rings (SSSR count). The molecule has 7 heteroatoms. The minimum absolute atomic E-state index is 0.191. The fourth-order valence-corrected chi connectivity index (χ4v) is 2.60. The van der Waals surface area contributed by atoms with Crippen molar-refractivity contribution in [2.75, 3.05) is 12.4 Å². The Kier molecular flexibility index (Phi) is 3.57. The molecule has 0 fully saturated rings. The number of nitrogens with one attached hydrogen (secondary N) is 2. The number of fused-ring (bicyclic) bond motifs is 1. The first-order valence-electron chi connectivity index (χ1n) is 6.11. The Bertz CT molecular complexity index is 721. The largest absolute Gasteiger partial charge is 0.506 e. The van der Waals surface area contributed by atoms with Gasteiger partial charge in [-0.1, -0.05) is 6.07 Å². The van der Waals surface area contributed by atoms with E-state index in [0.717, 1.165) is 17.5 Å². The number of hydrogen-bond acceptors (Lipinski definition) is 6. The third kappa shape index (κ3) is 2.87. The van der Waals surface area contributed by atoms with Crippen molar-refractivity contribution in [3.8, 4) is 11.5 Å². The molecule has 2 aromatic carbocycles. The summed E-state index contributed by atoms with van der Waals surface area (Å²) in [5, 5.41) is 12.8. The van der Waals surface area contributed by atoms with Crippen molar-refractivity contribution in [3.63, 3.8) is 0 Å². The van der Waals surface area contributed by atoms with Crippen LogP contribution >= 0.6 is 11.9 Å². The van der Waals surface area contributed by atoms with Gasteiger partial charge >= 0.3 is 0 Å². The molecule has 0 spiro atoms. The van der Waals surface area contributed by atoms with Crippen LogP contribution in [0.3, 0.4) is 0 Å². The van der Waals surface area contributed by atoms with Crippen LogP contribution in [0.1, 0.15) is 0 Å². The van der Waals surface area contributed by atoms with E-state index in [-0.39, 0.29) is 5.75 Å². The quantitative estimate of drug-likeness (QED) is 0.743. The average molecular weight is 305 g/mol. The average Bonchev–Trinajstić information content (AvgIpc) is 2.48. The molecule has 2 aromatic rings. The summed E-state index contributed by atoms with van der Waals surface area (Å²) < 4.78 is 21.3. The number of methoxy groups -OCH3 is 1. The summed E-state index contributed by atoms with van der Waals surface area (Å²) in [6, 6.07) is 9.71. The van der Waals surface area contributed by atoms with Gasteiger partial charge in [0, 0.05) is 17.8 Å². The van der Waals surface area contributed by atoms with Crippen molar-refractivity contribution < 1.29 is 14.2 Å². The highest BCUT2D eigenvalue weighted by Gasteiger charge is 2.17. The van der Waals surface area contributed by atoms with E-state index in [9.17, 15) is 9.50 Å². The van der Waals surface area contributed by atoms with Gasteiger partial charge in [0.05, 0.1) is 12.0 Å². The van der Waals surface area contributed by atoms with E-state index in [1.54, 1.807) is 7.11 Å². The number of nitrogens with zero attached hydrogens (tertiary/aromatic N) is 1. The molecule has 1 aliphatic rings. The Morgan fingerprint density at radius 1 is 1.33 bits per heavy atom. The zero-order valence-electron chi connectivity index (χ0n) is 11.1. The molecule has 0 saturated carbocycles. The van der Waals surface area contributed by atoms with Gasteiger partial charge in [-0.25, -0.2) is 9.38 Å². The molecule has 1 heterocycles. The van der Waals surface area contributed by atoms with Gasteiger partial charge < -0.3 is 15.2 Å². The zero-order chi connectivity index (χ0) is 14.8. The van der Waals surface area contributed by atoms with Crippen LogP contribution in [0.5, 0.6) is 11.5 Å². The van der Waals surface area contributed by atoms with Crippen molar-refractivity contribution in [3.05, 3.63) is 42.2 Å². The van der Waals surface area contributed by atoms with Crippen LogP contribution in [0, 0.1) is 5.82 Å². The number of aliphatic imine (C=N–C) groups is 1. The first kappa shape index (κ1) is 13.6. The molecular weight excluding hydrogens is 293 g/mol. The van der Waals surface area contributed by atoms with Crippen LogP contribution in [0.2, 0.25) is 0 Å². The molecule has 3 N–H and O–H groups in total. The van der Waals surface area contributed by atoms with E-state index < -0.39 is 5.82 Å². The van der Waals surface area contributed by atoms with Crippen LogP contribution in [0.15, 0.2) is 46.3 Å². The molecule has 108 valence electrons. The smallest absolute Gasteiger partial charge is 0.211 e. The third-order valence-corrected chi connectivity index (χ3v) is 3.66. The Morgan fingerprint density at radius 3 is 3.00 bits per heavy atom. The Hall–Kier alpha value is -2.41. The Morgan fingerprint density at radius 2 is 2.19 bits per heavy atom. The summed E-state index contributed by atoms with van der Waals surface area (Å²) in [6.07, 6.45) is 0. The topological polar surface area (TPSA) is 65.9 Å². The number of benzene rings is 2. The first-order valence-corrected chi connectivity index (χ1v) is 6.92. The molecule has 5 nitrogen and oxygen atoms in total. The lowest BCUT2D eigenvalue weighted by Crippen LogP contribution is -2.26. The molecule has 0 bridgehead atoms. The van der Waals surface area contributed by atoms with Crippen LogP contribution < -0.4 is 14.8 Å². The standard InChI is InChI=1S/C14H12FN3O2S/c1-20-10-4-2-3-9(7-10)16-14-17-13-11(19)5-8(15)6-12(13)21-18-14/h2-7,19H,1H3,(H2,16,17,18). The molecule has 0 saturated heterocycles. The van der Waals surface area contributed by atoms with Gasteiger partial charge in [0.25, 0.3) is 0 Å². The lowest BCUT2D eigenvalue weighted by Gasteiger charge is -2.18. The van der Waals surface area contributed by atoms with Crippen LogP contribution in [0.4, 0.5) is 15.8 Å². The maximum Gasteiger partial charge on any atom is 0.211 e. The van der Waals surface area contributed by atoms with Gasteiger partial charge in [-0.15, -0.1) is 0 Å². The van der Waals surface area contributed by atoms with Gasteiger partial charge in [0.1, 0.15) is 23.0 Å². The van der Waals surface area contributed by atoms with Gasteiger partial charge in [-0.2, -0.15) is 0 Å². The summed E-state index contributed by atoms with van der Waals surface area (Å²) >= 11 is 1.18. The first-order chi connectivity index (χ1) is 10.2. The van der Waals surface area contributed by atoms with E-state index in [4.69, 9.17) is 4.74 Å². The fraction of sp³-hybridized carbons (Fsp3) is 0.0714. The number of aromatic hydroxyl groups is 1. The van der Waals surface area contributed by atoms with Crippen LogP contribution in [-0.2, 0) is 0 Å². The number of halogens is 1. The lowest BCUT2D eigenvalue weighted by molar-refractivity contribution is 0.415. The molecule has 0 amide bonds. The van der Waals surface area contributed by atoms with Gasteiger partial charge in [-0.05, 0) is 30.1 Å². The SMILES string of the molecule is COc1cccc(NC2=Nc3c(O)cc(F)cc3SN2)c1. The number of phenols is 1. The molecule has 0 radical (unpaired) electrons. The summed E-state index contributed by atoms with van der Waals surface area (Å²) in [4.78, 5) is 4.78.